The molecule has 3 N–H and O–H groups in total. The van der Waals surface area contributed by atoms with Gasteiger partial charge in [-0.05, 0) is 96.3 Å². The molecule has 9 nitrogen and oxygen atoms in total. The van der Waals surface area contributed by atoms with Gasteiger partial charge in [0.1, 0.15) is 6.61 Å². The van der Waals surface area contributed by atoms with E-state index in [-0.39, 0.29) is 38.6 Å². The van der Waals surface area contributed by atoms with Crippen molar-refractivity contribution < 1.29 is 37.6 Å². The van der Waals surface area contributed by atoms with E-state index in [0.29, 0.717) is 6.42 Å². The Morgan fingerprint density at radius 1 is 0.383 bits per heavy atom. The highest BCUT2D eigenvalue weighted by Gasteiger charge is 2.26. The summed E-state index contributed by atoms with van der Waals surface area (Å²) in [7, 11) is -4.40. The second kappa shape index (κ2) is 66.1. The molecule has 81 heavy (non-hydrogen) atoms. The van der Waals surface area contributed by atoms with E-state index in [9.17, 15) is 19.0 Å². The molecule has 0 rings (SSSR count). The zero-order valence-electron chi connectivity index (χ0n) is 52.5. The van der Waals surface area contributed by atoms with Crippen molar-refractivity contribution in [3.05, 3.63) is 97.2 Å². The first-order chi connectivity index (χ1) is 39.8. The van der Waals surface area contributed by atoms with Crippen LogP contribution in [0.15, 0.2) is 97.2 Å². The Kier molecular flexibility index (Phi) is 63.6. The highest BCUT2D eigenvalue weighted by molar-refractivity contribution is 7.47. The molecule has 2 atom stereocenters. The molecule has 0 aromatic carbocycles. The molecule has 0 aliphatic rings. The maximum Gasteiger partial charge on any atom is 0.472 e. The predicted octanol–water partition coefficient (Wildman–Crippen LogP) is 22.0. The van der Waals surface area contributed by atoms with Crippen molar-refractivity contribution >= 4 is 19.8 Å². The highest BCUT2D eigenvalue weighted by atomic mass is 31.2. The van der Waals surface area contributed by atoms with E-state index >= 15 is 0 Å². The Balaban J connectivity index is 3.90. The van der Waals surface area contributed by atoms with Crippen LogP contribution >= 0.6 is 7.82 Å². The van der Waals surface area contributed by atoms with Crippen LogP contribution in [-0.2, 0) is 32.7 Å². The van der Waals surface area contributed by atoms with E-state index in [1.807, 2.05) is 0 Å². The van der Waals surface area contributed by atoms with Crippen LogP contribution in [0.5, 0.6) is 0 Å². The van der Waals surface area contributed by atoms with Crippen LogP contribution in [0, 0.1) is 0 Å². The molecule has 10 heteroatoms. The van der Waals surface area contributed by atoms with Gasteiger partial charge in [0, 0.05) is 19.4 Å². The molecule has 468 valence electrons. The number of ether oxygens (including phenoxy) is 2. The predicted molar refractivity (Wildman–Crippen MR) is 348 cm³/mol. The van der Waals surface area contributed by atoms with E-state index in [1.54, 1.807) is 0 Å². The fourth-order valence-corrected chi connectivity index (χ4v) is 10.3. The molecule has 0 saturated carbocycles. The fourth-order valence-electron chi connectivity index (χ4n) is 9.50. The van der Waals surface area contributed by atoms with Gasteiger partial charge in [-0.2, -0.15) is 0 Å². The molecule has 0 aliphatic heterocycles. The maximum absolute atomic E-state index is 12.8. The first-order valence-electron chi connectivity index (χ1n) is 33.7. The lowest BCUT2D eigenvalue weighted by molar-refractivity contribution is -0.161. The van der Waals surface area contributed by atoms with Gasteiger partial charge in [0.05, 0.1) is 13.2 Å². The second-order valence-corrected chi connectivity index (χ2v) is 23.8. The molecular weight excluding hydrogens is 1030 g/mol. The van der Waals surface area contributed by atoms with Crippen LogP contribution in [0.4, 0.5) is 0 Å². The quantitative estimate of drug-likeness (QED) is 0.0264. The monoisotopic (exact) mass is 1150 g/mol. The molecule has 0 bridgehead atoms. The fraction of sp³-hybridized carbons (Fsp3) is 0.746. The van der Waals surface area contributed by atoms with E-state index in [0.717, 1.165) is 83.5 Å². The average Bonchev–Trinajstić information content (AvgIpc) is 3.46. The molecular formula is C71H126NO8P. The second-order valence-electron chi connectivity index (χ2n) is 22.3. The Labute approximate surface area is 499 Å². The number of carbonyl (C=O) groups excluding carboxylic acids is 2. The van der Waals surface area contributed by atoms with Gasteiger partial charge in [-0.1, -0.05) is 297 Å². The first-order valence-corrected chi connectivity index (χ1v) is 35.2. The van der Waals surface area contributed by atoms with Gasteiger partial charge in [0.25, 0.3) is 0 Å². The van der Waals surface area contributed by atoms with E-state index in [2.05, 4.69) is 111 Å². The molecule has 0 heterocycles. The lowest BCUT2D eigenvalue weighted by Gasteiger charge is -2.19. The number of phosphoric ester groups is 1. The van der Waals surface area contributed by atoms with Gasteiger partial charge in [-0.25, -0.2) is 4.57 Å². The number of phosphoric acid groups is 1. The third-order valence-electron chi connectivity index (χ3n) is 14.5. The van der Waals surface area contributed by atoms with Crippen LogP contribution in [0.1, 0.15) is 309 Å². The lowest BCUT2D eigenvalue weighted by atomic mass is 10.0. The van der Waals surface area contributed by atoms with Gasteiger partial charge in [0.15, 0.2) is 6.10 Å². The number of nitrogens with two attached hydrogens (primary N) is 1. The van der Waals surface area contributed by atoms with Gasteiger partial charge >= 0.3 is 19.8 Å². The number of allylic oxidation sites excluding steroid dienone is 16. The minimum atomic E-state index is -4.40. The topological polar surface area (TPSA) is 134 Å². The van der Waals surface area contributed by atoms with Crippen molar-refractivity contribution in [2.24, 2.45) is 5.73 Å². The largest absolute Gasteiger partial charge is 0.472 e. The van der Waals surface area contributed by atoms with Crippen molar-refractivity contribution in [1.29, 1.82) is 0 Å². The molecule has 0 fully saturated rings. The van der Waals surface area contributed by atoms with Crippen molar-refractivity contribution in [3.8, 4) is 0 Å². The minimum Gasteiger partial charge on any atom is -0.462 e. The molecule has 0 spiro atoms. The molecule has 0 saturated heterocycles. The summed E-state index contributed by atoms with van der Waals surface area (Å²) >= 11 is 0. The SMILES string of the molecule is CC/C=C\C/C=C\C/C=C\C/C=C\C/C=C\CCCCCCCCCCCCCCCC(=O)OC(COC(=O)CCCCCCCCCCCCCCCCCC/C=C\C/C=C\C/C=C\CCCCCCC)COP(=O)(O)OCCN. The number of unbranched alkanes of at least 4 members (excludes halogenated alkanes) is 34. The molecule has 2 unspecified atom stereocenters. The zero-order valence-corrected chi connectivity index (χ0v) is 53.4. The summed E-state index contributed by atoms with van der Waals surface area (Å²) in [5, 5.41) is 0. The van der Waals surface area contributed by atoms with Crippen LogP contribution in [0.25, 0.3) is 0 Å². The average molecular weight is 1150 g/mol. The standard InChI is InChI=1S/C71H126NO8P/c1-3-5-7-9-11-13-15-17-19-21-23-25-27-29-31-33-34-36-37-39-41-43-45-47-49-51-53-55-57-59-61-63-70(73)77-67-69(68-79-81(75,76)78-66-65-72)80-71(74)64-62-60-58-56-54-52-50-48-46-44-42-40-38-35-32-30-28-26-24-22-20-18-16-14-12-10-8-6-4-2/h6,8,12,14-15,17-18,20-21,23-24,26-27,29-30,32,69H,3-5,7,9-11,13,16,19,22,25,28,31,33-68,72H2,1-2H3,(H,75,76)/b8-6-,14-12-,17-15-,20-18-,23-21-,26-24-,29-27-,32-30-. The Morgan fingerprint density at radius 2 is 0.679 bits per heavy atom. The zero-order chi connectivity index (χ0) is 58.7. The van der Waals surface area contributed by atoms with Crippen LogP contribution in [0.3, 0.4) is 0 Å². The Morgan fingerprint density at radius 3 is 1.01 bits per heavy atom. The molecule has 0 amide bonds. The number of esters is 2. The first kappa shape index (κ1) is 77.9. The highest BCUT2D eigenvalue weighted by Crippen LogP contribution is 2.43. The van der Waals surface area contributed by atoms with E-state index < -0.39 is 26.5 Å². The maximum atomic E-state index is 12.8. The van der Waals surface area contributed by atoms with Gasteiger partial charge in [-0.15, -0.1) is 0 Å². The third-order valence-corrected chi connectivity index (χ3v) is 15.4. The molecule has 0 aromatic rings. The summed E-state index contributed by atoms with van der Waals surface area (Å²) < 4.78 is 33.2. The van der Waals surface area contributed by atoms with E-state index in [1.165, 1.54) is 193 Å². The molecule has 0 radical (unpaired) electrons. The van der Waals surface area contributed by atoms with Crippen LogP contribution < -0.4 is 5.73 Å². The smallest absolute Gasteiger partial charge is 0.462 e. The minimum absolute atomic E-state index is 0.0507. The normalized spacial score (nSPS) is 13.6. The summed E-state index contributed by atoms with van der Waals surface area (Å²) in [5.74, 6) is -0.822. The number of hydrogen-bond donors (Lipinski definition) is 2. The molecule has 0 aliphatic carbocycles. The van der Waals surface area contributed by atoms with Crippen molar-refractivity contribution in [1.82, 2.24) is 0 Å². The summed E-state index contributed by atoms with van der Waals surface area (Å²) in [6.07, 6.45) is 89.1. The van der Waals surface area contributed by atoms with Crippen LogP contribution in [0.2, 0.25) is 0 Å². The number of hydrogen-bond acceptors (Lipinski definition) is 8. The summed E-state index contributed by atoms with van der Waals surface area (Å²) in [6.45, 7) is 3.65. The molecule has 0 aromatic heterocycles. The lowest BCUT2D eigenvalue weighted by Crippen LogP contribution is -2.29. The van der Waals surface area contributed by atoms with Crippen molar-refractivity contribution in [3.63, 3.8) is 0 Å². The van der Waals surface area contributed by atoms with Crippen LogP contribution in [-0.4, -0.2) is 49.3 Å². The van der Waals surface area contributed by atoms with Crippen molar-refractivity contribution in [2.45, 2.75) is 315 Å². The Bertz CT molecular complexity index is 1650. The van der Waals surface area contributed by atoms with Gasteiger partial charge in [0.2, 0.25) is 0 Å². The summed E-state index contributed by atoms with van der Waals surface area (Å²) in [4.78, 5) is 35.3. The Hall–Kier alpha value is -3.07. The van der Waals surface area contributed by atoms with Crippen molar-refractivity contribution in [2.75, 3.05) is 26.4 Å². The summed E-state index contributed by atoms with van der Waals surface area (Å²) in [6, 6.07) is 0. The van der Waals surface area contributed by atoms with Gasteiger partial charge in [-0.3, -0.25) is 18.6 Å². The third kappa shape index (κ3) is 65.9. The summed E-state index contributed by atoms with van der Waals surface area (Å²) in [5.41, 5.74) is 5.40. The van der Waals surface area contributed by atoms with E-state index in [4.69, 9.17) is 24.3 Å². The number of carbonyl (C=O) groups is 2. The number of rotatable bonds is 63. The van der Waals surface area contributed by atoms with Gasteiger partial charge < -0.3 is 20.1 Å².